The Morgan fingerprint density at radius 2 is 2.11 bits per heavy atom. The van der Waals surface area contributed by atoms with E-state index < -0.39 is 0 Å². The number of nitrogens with two attached hydrogens (primary N) is 1. The normalized spacial score (nSPS) is 11.3. The number of nitrogens with one attached hydrogen (secondary N) is 1. The minimum atomic E-state index is 0.146. The number of thiocarbonyl (C=S) groups is 1. The monoisotopic (exact) mass is 276 g/mol. The smallest absolute Gasteiger partial charge is 0.184 e. The van der Waals surface area contributed by atoms with E-state index in [1.165, 1.54) is 0 Å². The zero-order valence-electron chi connectivity index (χ0n) is 9.75. The Morgan fingerprint density at radius 1 is 1.39 bits per heavy atom. The first kappa shape index (κ1) is 12.7. The second kappa shape index (κ2) is 5.70. The number of hydrogen-bond acceptors (Lipinski definition) is 4. The Hall–Kier alpha value is -1.79. The number of rotatable bonds is 3. The van der Waals surface area contributed by atoms with Crippen LogP contribution in [0.5, 0.6) is 0 Å². The van der Waals surface area contributed by atoms with Crippen molar-refractivity contribution in [3.05, 3.63) is 41.4 Å². The van der Waals surface area contributed by atoms with Crippen molar-refractivity contribution in [2.24, 2.45) is 10.8 Å². The molecule has 92 valence electrons. The van der Waals surface area contributed by atoms with Gasteiger partial charge in [0.15, 0.2) is 5.11 Å². The number of benzene rings is 1. The molecule has 6 heteroatoms. The first-order chi connectivity index (χ1) is 8.66. The molecule has 1 aromatic heterocycles. The molecule has 0 radical (unpaired) electrons. The lowest BCUT2D eigenvalue weighted by Gasteiger charge is -1.98. The molecule has 0 atom stereocenters. The van der Waals surface area contributed by atoms with Gasteiger partial charge in [-0.3, -0.25) is 5.43 Å². The van der Waals surface area contributed by atoms with E-state index in [0.717, 1.165) is 22.0 Å². The Kier molecular flexibility index (Phi) is 4.01. The molecule has 0 aliphatic rings. The van der Waals surface area contributed by atoms with Crippen LogP contribution in [0.3, 0.4) is 0 Å². The van der Waals surface area contributed by atoms with Gasteiger partial charge in [-0.2, -0.15) is 5.10 Å². The number of nitrogens with zero attached hydrogens (tertiary/aromatic N) is 2. The molecule has 0 aliphatic carbocycles. The largest absolute Gasteiger partial charge is 0.375 e. The third-order valence-electron chi connectivity index (χ3n) is 2.23. The third kappa shape index (κ3) is 3.12. The van der Waals surface area contributed by atoms with Crippen molar-refractivity contribution in [3.8, 4) is 10.6 Å². The van der Waals surface area contributed by atoms with Crippen LogP contribution in [-0.4, -0.2) is 15.8 Å². The summed E-state index contributed by atoms with van der Waals surface area (Å²) in [6.45, 7) is 1.86. The standard InChI is InChI=1S/C12H12N4S2/c1-8(15-16-12(13)17)10-7-18-11(14-10)9-5-3-2-4-6-9/h2-7H,1H3,(H3,13,16,17)/b15-8+. The van der Waals surface area contributed by atoms with Crippen LogP contribution in [0.4, 0.5) is 0 Å². The first-order valence-electron chi connectivity index (χ1n) is 5.28. The van der Waals surface area contributed by atoms with Crippen molar-refractivity contribution >= 4 is 34.4 Å². The van der Waals surface area contributed by atoms with Crippen molar-refractivity contribution in [2.75, 3.05) is 0 Å². The molecule has 0 saturated heterocycles. The SMILES string of the molecule is C/C(=N\NC(N)=S)c1csc(-c2ccccc2)n1. The van der Waals surface area contributed by atoms with Crippen molar-refractivity contribution in [3.63, 3.8) is 0 Å². The summed E-state index contributed by atoms with van der Waals surface area (Å²) >= 11 is 6.27. The quantitative estimate of drug-likeness (QED) is 0.513. The average Bonchev–Trinajstić information content (AvgIpc) is 2.86. The van der Waals surface area contributed by atoms with Gasteiger partial charge in [0.05, 0.1) is 11.4 Å². The molecular weight excluding hydrogens is 264 g/mol. The predicted molar refractivity (Wildman–Crippen MR) is 79.7 cm³/mol. The Bertz CT molecular complexity index is 575. The zero-order valence-corrected chi connectivity index (χ0v) is 11.4. The molecule has 0 unspecified atom stereocenters. The van der Waals surface area contributed by atoms with Crippen LogP contribution < -0.4 is 11.2 Å². The third-order valence-corrected chi connectivity index (χ3v) is 3.21. The molecular formula is C12H12N4S2. The van der Waals surface area contributed by atoms with Crippen LogP contribution >= 0.6 is 23.6 Å². The predicted octanol–water partition coefficient (Wildman–Crippen LogP) is 2.37. The summed E-state index contributed by atoms with van der Waals surface area (Å²) in [7, 11) is 0. The highest BCUT2D eigenvalue weighted by molar-refractivity contribution is 7.80. The average molecular weight is 276 g/mol. The van der Waals surface area contributed by atoms with Gasteiger partial charge in [-0.1, -0.05) is 30.3 Å². The molecule has 1 aromatic carbocycles. The summed E-state index contributed by atoms with van der Waals surface area (Å²) in [6, 6.07) is 10.0. The molecule has 0 spiro atoms. The Labute approximate surface area is 115 Å². The van der Waals surface area contributed by atoms with Gasteiger partial charge in [0, 0.05) is 10.9 Å². The summed E-state index contributed by atoms with van der Waals surface area (Å²) in [5.41, 5.74) is 10.5. The van der Waals surface area contributed by atoms with Gasteiger partial charge in [0.25, 0.3) is 0 Å². The molecule has 1 heterocycles. The highest BCUT2D eigenvalue weighted by Gasteiger charge is 2.06. The lowest BCUT2D eigenvalue weighted by molar-refractivity contribution is 1.03. The van der Waals surface area contributed by atoms with Crippen molar-refractivity contribution in [1.29, 1.82) is 0 Å². The summed E-state index contributed by atoms with van der Waals surface area (Å²) in [4.78, 5) is 4.52. The highest BCUT2D eigenvalue weighted by atomic mass is 32.1. The fourth-order valence-electron chi connectivity index (χ4n) is 1.35. The van der Waals surface area contributed by atoms with E-state index in [1.807, 2.05) is 42.6 Å². The maximum absolute atomic E-state index is 5.31. The van der Waals surface area contributed by atoms with Crippen LogP contribution in [0.1, 0.15) is 12.6 Å². The second-order valence-corrected chi connectivity index (χ2v) is 4.88. The van der Waals surface area contributed by atoms with Crippen molar-refractivity contribution < 1.29 is 0 Å². The van der Waals surface area contributed by atoms with Gasteiger partial charge in [-0.15, -0.1) is 11.3 Å². The fraction of sp³-hybridized carbons (Fsp3) is 0.0833. The fourth-order valence-corrected chi connectivity index (χ4v) is 2.26. The maximum atomic E-state index is 5.31. The van der Waals surface area contributed by atoms with Gasteiger partial charge in [-0.05, 0) is 19.1 Å². The topological polar surface area (TPSA) is 63.3 Å². The van der Waals surface area contributed by atoms with Crippen LogP contribution in [0.2, 0.25) is 0 Å². The van der Waals surface area contributed by atoms with E-state index >= 15 is 0 Å². The molecule has 0 aliphatic heterocycles. The minimum Gasteiger partial charge on any atom is -0.375 e. The van der Waals surface area contributed by atoms with Gasteiger partial charge in [0.1, 0.15) is 5.01 Å². The first-order valence-corrected chi connectivity index (χ1v) is 6.56. The molecule has 0 saturated carbocycles. The van der Waals surface area contributed by atoms with Gasteiger partial charge in [0.2, 0.25) is 0 Å². The Morgan fingerprint density at radius 3 is 2.78 bits per heavy atom. The molecule has 18 heavy (non-hydrogen) atoms. The van der Waals surface area contributed by atoms with Crippen LogP contribution in [0.15, 0.2) is 40.8 Å². The van der Waals surface area contributed by atoms with Crippen molar-refractivity contribution in [1.82, 2.24) is 10.4 Å². The molecule has 2 rings (SSSR count). The minimum absolute atomic E-state index is 0.146. The van der Waals surface area contributed by atoms with E-state index in [9.17, 15) is 0 Å². The van der Waals surface area contributed by atoms with Crippen LogP contribution in [0.25, 0.3) is 10.6 Å². The molecule has 3 N–H and O–H groups in total. The number of thiazole rings is 1. The van der Waals surface area contributed by atoms with E-state index in [4.69, 9.17) is 5.73 Å². The summed E-state index contributed by atoms with van der Waals surface area (Å²) in [6.07, 6.45) is 0. The molecule has 2 aromatic rings. The molecule has 0 fully saturated rings. The van der Waals surface area contributed by atoms with E-state index in [0.29, 0.717) is 0 Å². The molecule has 0 amide bonds. The lowest BCUT2D eigenvalue weighted by Crippen LogP contribution is -2.25. The lowest BCUT2D eigenvalue weighted by atomic mass is 10.2. The molecule has 0 bridgehead atoms. The molecule has 4 nitrogen and oxygen atoms in total. The summed E-state index contributed by atoms with van der Waals surface area (Å²) < 4.78 is 0. The summed E-state index contributed by atoms with van der Waals surface area (Å²) in [5.74, 6) is 0. The van der Waals surface area contributed by atoms with Gasteiger partial charge in [-0.25, -0.2) is 4.98 Å². The Balaban J connectivity index is 2.21. The second-order valence-electron chi connectivity index (χ2n) is 3.58. The number of hydrogen-bond donors (Lipinski definition) is 2. The highest BCUT2D eigenvalue weighted by Crippen LogP contribution is 2.23. The van der Waals surface area contributed by atoms with Crippen molar-refractivity contribution in [2.45, 2.75) is 6.92 Å². The van der Waals surface area contributed by atoms with E-state index in [2.05, 4.69) is 27.7 Å². The van der Waals surface area contributed by atoms with Crippen LogP contribution in [-0.2, 0) is 0 Å². The maximum Gasteiger partial charge on any atom is 0.184 e. The van der Waals surface area contributed by atoms with Gasteiger partial charge < -0.3 is 5.73 Å². The van der Waals surface area contributed by atoms with E-state index in [1.54, 1.807) is 11.3 Å². The number of aromatic nitrogens is 1. The summed E-state index contributed by atoms with van der Waals surface area (Å²) in [5, 5.41) is 7.12. The van der Waals surface area contributed by atoms with Crippen LogP contribution in [0, 0.1) is 0 Å². The zero-order chi connectivity index (χ0) is 13.0. The number of hydrazone groups is 1. The van der Waals surface area contributed by atoms with Gasteiger partial charge >= 0.3 is 0 Å². The van der Waals surface area contributed by atoms with E-state index in [-0.39, 0.29) is 5.11 Å².